The molecule has 4 nitrogen and oxygen atoms in total. The minimum absolute atomic E-state index is 0.00888. The Labute approximate surface area is 179 Å². The van der Waals surface area contributed by atoms with Crippen molar-refractivity contribution in [1.82, 2.24) is 10.6 Å². The van der Waals surface area contributed by atoms with Gasteiger partial charge in [0.25, 0.3) is 5.91 Å². The summed E-state index contributed by atoms with van der Waals surface area (Å²) in [4.78, 5) is 25.7. The van der Waals surface area contributed by atoms with Crippen LogP contribution in [0.25, 0.3) is 0 Å². The third-order valence-electron chi connectivity index (χ3n) is 5.04. The lowest BCUT2D eigenvalue weighted by Gasteiger charge is -2.28. The second kappa shape index (κ2) is 10.1. The van der Waals surface area contributed by atoms with Gasteiger partial charge >= 0.3 is 0 Å². The van der Waals surface area contributed by atoms with E-state index in [0.29, 0.717) is 12.0 Å². The zero-order valence-electron chi connectivity index (χ0n) is 15.9. The van der Waals surface area contributed by atoms with E-state index >= 15 is 0 Å². The highest BCUT2D eigenvalue weighted by Gasteiger charge is 2.27. The summed E-state index contributed by atoms with van der Waals surface area (Å²) in [5.41, 5.74) is 3.03. The topological polar surface area (TPSA) is 58.2 Å². The molecule has 148 valence electrons. The second-order valence-electron chi connectivity index (χ2n) is 6.94. The summed E-state index contributed by atoms with van der Waals surface area (Å²) >= 11 is 5.08. The molecule has 0 aliphatic heterocycles. The second-order valence-corrected chi connectivity index (χ2v) is 8.78. The summed E-state index contributed by atoms with van der Waals surface area (Å²) in [7, 11) is 0. The molecule has 0 bridgehead atoms. The number of rotatable bonds is 7. The molecule has 2 atom stereocenters. The first kappa shape index (κ1) is 20.9. The van der Waals surface area contributed by atoms with Crippen molar-refractivity contribution >= 4 is 39.5 Å². The van der Waals surface area contributed by atoms with Crippen LogP contribution in [-0.4, -0.2) is 29.9 Å². The SMILES string of the molecule is CSCCC(NC(=O)c1ccccc1Br)C(=O)NC1CCCc2ccccc21. The van der Waals surface area contributed by atoms with Gasteiger partial charge in [-0.3, -0.25) is 9.59 Å². The summed E-state index contributed by atoms with van der Waals surface area (Å²) in [5.74, 6) is 0.448. The standard InChI is InChI=1S/C22H25BrN2O2S/c1-28-14-13-20(25-21(26)17-10-4-5-11-18(17)23)22(27)24-19-12-6-8-15-7-2-3-9-16(15)19/h2-5,7,9-11,19-20H,6,8,12-14H2,1H3,(H,24,27)(H,25,26). The molecule has 2 unspecified atom stereocenters. The van der Waals surface area contributed by atoms with E-state index in [1.165, 1.54) is 11.1 Å². The molecule has 0 saturated carbocycles. The van der Waals surface area contributed by atoms with Gasteiger partial charge in [0, 0.05) is 4.47 Å². The molecule has 0 saturated heterocycles. The van der Waals surface area contributed by atoms with Gasteiger partial charge in [0.1, 0.15) is 6.04 Å². The van der Waals surface area contributed by atoms with Crippen molar-refractivity contribution in [3.63, 3.8) is 0 Å². The van der Waals surface area contributed by atoms with Crippen LogP contribution in [0.1, 0.15) is 46.8 Å². The number of fused-ring (bicyclic) bond motifs is 1. The Morgan fingerprint density at radius 3 is 2.71 bits per heavy atom. The van der Waals surface area contributed by atoms with Crippen LogP contribution in [0.2, 0.25) is 0 Å². The molecule has 28 heavy (non-hydrogen) atoms. The minimum Gasteiger partial charge on any atom is -0.348 e. The third kappa shape index (κ3) is 5.17. The van der Waals surface area contributed by atoms with Crippen molar-refractivity contribution in [2.24, 2.45) is 0 Å². The highest BCUT2D eigenvalue weighted by atomic mass is 79.9. The minimum atomic E-state index is -0.554. The van der Waals surface area contributed by atoms with Gasteiger partial charge in [-0.2, -0.15) is 11.8 Å². The van der Waals surface area contributed by atoms with E-state index in [1.54, 1.807) is 17.8 Å². The first-order valence-electron chi connectivity index (χ1n) is 9.52. The van der Waals surface area contributed by atoms with Crippen LogP contribution in [0, 0.1) is 0 Å². The van der Waals surface area contributed by atoms with E-state index in [2.05, 4.69) is 38.7 Å². The fourth-order valence-electron chi connectivity index (χ4n) is 3.56. The van der Waals surface area contributed by atoms with E-state index in [-0.39, 0.29) is 17.9 Å². The maximum absolute atomic E-state index is 13.0. The molecule has 2 N–H and O–H groups in total. The van der Waals surface area contributed by atoms with Crippen LogP contribution in [0.15, 0.2) is 53.0 Å². The normalized spacial score (nSPS) is 16.7. The molecule has 0 aromatic heterocycles. The maximum Gasteiger partial charge on any atom is 0.253 e. The number of nitrogens with one attached hydrogen (secondary N) is 2. The van der Waals surface area contributed by atoms with Crippen LogP contribution in [0.3, 0.4) is 0 Å². The average Bonchev–Trinajstić information content (AvgIpc) is 2.71. The Morgan fingerprint density at radius 2 is 1.93 bits per heavy atom. The third-order valence-corrected chi connectivity index (χ3v) is 6.37. The van der Waals surface area contributed by atoms with Gasteiger partial charge in [-0.25, -0.2) is 0 Å². The van der Waals surface area contributed by atoms with E-state index < -0.39 is 6.04 Å². The van der Waals surface area contributed by atoms with Crippen molar-refractivity contribution in [3.05, 3.63) is 69.7 Å². The van der Waals surface area contributed by atoms with Gasteiger partial charge in [-0.05, 0) is 76.9 Å². The van der Waals surface area contributed by atoms with E-state index in [0.717, 1.165) is 29.5 Å². The van der Waals surface area contributed by atoms with Crippen molar-refractivity contribution in [2.75, 3.05) is 12.0 Å². The maximum atomic E-state index is 13.0. The number of carbonyl (C=O) groups excluding carboxylic acids is 2. The van der Waals surface area contributed by atoms with Crippen molar-refractivity contribution in [3.8, 4) is 0 Å². The summed E-state index contributed by atoms with van der Waals surface area (Å²) in [6.45, 7) is 0. The Bertz CT molecular complexity index is 843. The summed E-state index contributed by atoms with van der Waals surface area (Å²) in [6.07, 6.45) is 5.63. The first-order chi connectivity index (χ1) is 13.6. The number of aryl methyl sites for hydroxylation is 1. The van der Waals surface area contributed by atoms with Gasteiger partial charge in [0.15, 0.2) is 0 Å². The molecule has 2 amide bonds. The smallest absolute Gasteiger partial charge is 0.253 e. The lowest BCUT2D eigenvalue weighted by molar-refractivity contribution is -0.123. The molecule has 3 rings (SSSR count). The molecule has 1 aliphatic rings. The van der Waals surface area contributed by atoms with Crippen LogP contribution in [0.4, 0.5) is 0 Å². The van der Waals surface area contributed by atoms with E-state index in [9.17, 15) is 9.59 Å². The predicted octanol–water partition coefficient (Wildman–Crippen LogP) is 4.49. The Morgan fingerprint density at radius 1 is 1.18 bits per heavy atom. The zero-order valence-corrected chi connectivity index (χ0v) is 18.3. The highest BCUT2D eigenvalue weighted by Crippen LogP contribution is 2.29. The molecule has 2 aromatic rings. The monoisotopic (exact) mass is 460 g/mol. The number of thioether (sulfide) groups is 1. The lowest BCUT2D eigenvalue weighted by Crippen LogP contribution is -2.48. The first-order valence-corrected chi connectivity index (χ1v) is 11.7. The number of hydrogen-bond donors (Lipinski definition) is 2. The Hall–Kier alpha value is -1.79. The highest BCUT2D eigenvalue weighted by molar-refractivity contribution is 9.10. The quantitative estimate of drug-likeness (QED) is 0.639. The van der Waals surface area contributed by atoms with Gasteiger partial charge in [0.2, 0.25) is 5.91 Å². The Balaban J connectivity index is 1.72. The number of benzene rings is 2. The predicted molar refractivity (Wildman–Crippen MR) is 119 cm³/mol. The van der Waals surface area contributed by atoms with Gasteiger partial charge in [-0.15, -0.1) is 0 Å². The molecule has 0 radical (unpaired) electrons. The number of halogens is 1. The van der Waals surface area contributed by atoms with Crippen molar-refractivity contribution in [1.29, 1.82) is 0 Å². The number of carbonyl (C=O) groups is 2. The lowest BCUT2D eigenvalue weighted by atomic mass is 9.87. The summed E-state index contributed by atoms with van der Waals surface area (Å²) in [5, 5.41) is 6.11. The Kier molecular flexibility index (Phi) is 7.57. The van der Waals surface area contributed by atoms with Gasteiger partial charge in [-0.1, -0.05) is 36.4 Å². The largest absolute Gasteiger partial charge is 0.348 e. The molecule has 0 fully saturated rings. The van der Waals surface area contributed by atoms with Crippen LogP contribution in [-0.2, 0) is 11.2 Å². The molecule has 6 heteroatoms. The molecule has 2 aromatic carbocycles. The number of hydrogen-bond acceptors (Lipinski definition) is 3. The fraction of sp³-hybridized carbons (Fsp3) is 0.364. The van der Waals surface area contributed by atoms with Crippen LogP contribution in [0.5, 0.6) is 0 Å². The molecule has 0 spiro atoms. The van der Waals surface area contributed by atoms with Crippen molar-refractivity contribution < 1.29 is 9.59 Å². The van der Waals surface area contributed by atoms with Crippen LogP contribution >= 0.6 is 27.7 Å². The molecule has 1 aliphatic carbocycles. The summed E-state index contributed by atoms with van der Waals surface area (Å²) in [6, 6.07) is 15.0. The molecular weight excluding hydrogens is 436 g/mol. The number of amides is 2. The van der Waals surface area contributed by atoms with E-state index in [4.69, 9.17) is 0 Å². The average molecular weight is 461 g/mol. The van der Waals surface area contributed by atoms with E-state index in [1.807, 2.05) is 36.6 Å². The molecular formula is C22H25BrN2O2S. The summed E-state index contributed by atoms with van der Waals surface area (Å²) < 4.78 is 0.720. The van der Waals surface area contributed by atoms with Crippen LogP contribution < -0.4 is 10.6 Å². The van der Waals surface area contributed by atoms with Crippen molar-refractivity contribution in [2.45, 2.75) is 37.8 Å². The molecule has 0 heterocycles. The van der Waals surface area contributed by atoms with Gasteiger partial charge in [0.05, 0.1) is 11.6 Å². The van der Waals surface area contributed by atoms with Gasteiger partial charge < -0.3 is 10.6 Å². The fourth-order valence-corrected chi connectivity index (χ4v) is 4.50. The zero-order chi connectivity index (χ0) is 19.9.